The number of nitrogens with zero attached hydrogens (tertiary/aromatic N) is 1. The first-order valence-electron chi connectivity index (χ1n) is 8.21. The van der Waals surface area contributed by atoms with Crippen molar-refractivity contribution in [2.45, 2.75) is 76.3 Å². The quantitative estimate of drug-likeness (QED) is 0.846. The maximum Gasteiger partial charge on any atom is 0.410 e. The van der Waals surface area contributed by atoms with Gasteiger partial charge in [-0.15, -0.1) is 0 Å². The summed E-state index contributed by atoms with van der Waals surface area (Å²) in [6.45, 7) is 9.70. The molecule has 2 aliphatic rings. The Morgan fingerprint density at radius 1 is 1.33 bits per heavy atom. The predicted molar refractivity (Wildman–Crippen MR) is 88.9 cm³/mol. The summed E-state index contributed by atoms with van der Waals surface area (Å²) in [5, 5.41) is 4.31. The molecule has 0 spiro atoms. The molecule has 1 N–H and O–H groups in total. The minimum atomic E-state index is -0.411. The van der Waals surface area contributed by atoms with Gasteiger partial charge in [-0.25, -0.2) is 4.79 Å². The smallest absolute Gasteiger partial charge is 0.410 e. The van der Waals surface area contributed by atoms with Crippen molar-refractivity contribution in [2.24, 2.45) is 0 Å². The number of ether oxygens (including phenoxy) is 1. The van der Waals surface area contributed by atoms with Gasteiger partial charge in [0.25, 0.3) is 0 Å². The minimum Gasteiger partial charge on any atom is -0.444 e. The van der Waals surface area contributed by atoms with E-state index >= 15 is 0 Å². The van der Waals surface area contributed by atoms with E-state index in [1.807, 2.05) is 25.7 Å². The summed E-state index contributed by atoms with van der Waals surface area (Å²) in [5.41, 5.74) is -0.411. The Balaban J connectivity index is 1.76. The van der Waals surface area contributed by atoms with E-state index in [0.29, 0.717) is 17.3 Å². The molecule has 5 heteroatoms. The molecule has 21 heavy (non-hydrogen) atoms. The number of nitrogens with one attached hydrogen (secondary N) is 1. The van der Waals surface area contributed by atoms with E-state index in [4.69, 9.17) is 4.74 Å². The van der Waals surface area contributed by atoms with Crippen molar-refractivity contribution >= 4 is 17.9 Å². The molecular formula is C16H30N2O2S. The third-order valence-corrected chi connectivity index (χ3v) is 5.36. The van der Waals surface area contributed by atoms with Crippen molar-refractivity contribution in [1.82, 2.24) is 10.2 Å². The molecule has 4 nitrogen and oxygen atoms in total. The standard InChI is InChI=1S/C16H30N2O2S/c1-12-14(6-5-11-21-12)17-9-10-18(13-7-8-13)15(19)20-16(2,3)4/h12-14,17H,5-11H2,1-4H3. The molecule has 1 aliphatic carbocycles. The second-order valence-corrected chi connectivity index (χ2v) is 8.67. The van der Waals surface area contributed by atoms with Crippen LogP contribution in [0.15, 0.2) is 0 Å². The number of thioether (sulfide) groups is 1. The molecule has 2 atom stereocenters. The van der Waals surface area contributed by atoms with Crippen molar-refractivity contribution in [1.29, 1.82) is 0 Å². The fourth-order valence-corrected chi connectivity index (χ4v) is 3.86. The summed E-state index contributed by atoms with van der Waals surface area (Å²) >= 11 is 2.05. The normalized spacial score (nSPS) is 26.5. The van der Waals surface area contributed by atoms with E-state index in [0.717, 1.165) is 25.9 Å². The van der Waals surface area contributed by atoms with E-state index in [1.165, 1.54) is 18.6 Å². The number of rotatable bonds is 5. The zero-order chi connectivity index (χ0) is 15.5. The zero-order valence-corrected chi connectivity index (χ0v) is 14.7. The van der Waals surface area contributed by atoms with Crippen LogP contribution in [0.25, 0.3) is 0 Å². The van der Waals surface area contributed by atoms with Crippen LogP contribution in [-0.2, 0) is 4.74 Å². The Labute approximate surface area is 133 Å². The maximum atomic E-state index is 12.3. The Morgan fingerprint density at radius 2 is 2.05 bits per heavy atom. The molecule has 1 amide bonds. The Bertz CT molecular complexity index is 353. The number of hydrogen-bond donors (Lipinski definition) is 1. The maximum absolute atomic E-state index is 12.3. The highest BCUT2D eigenvalue weighted by Crippen LogP contribution is 2.28. The van der Waals surface area contributed by atoms with Gasteiger partial charge in [-0.2, -0.15) is 11.8 Å². The van der Waals surface area contributed by atoms with Gasteiger partial charge in [-0.1, -0.05) is 6.92 Å². The molecule has 2 rings (SSSR count). The molecule has 0 bridgehead atoms. The summed E-state index contributed by atoms with van der Waals surface area (Å²) in [5.74, 6) is 1.28. The summed E-state index contributed by atoms with van der Waals surface area (Å²) in [7, 11) is 0. The van der Waals surface area contributed by atoms with Crippen molar-refractivity contribution < 1.29 is 9.53 Å². The summed E-state index contributed by atoms with van der Waals surface area (Å²) < 4.78 is 5.52. The van der Waals surface area contributed by atoms with E-state index in [2.05, 4.69) is 24.0 Å². The average molecular weight is 314 g/mol. The largest absolute Gasteiger partial charge is 0.444 e. The van der Waals surface area contributed by atoms with Crippen LogP contribution < -0.4 is 5.32 Å². The van der Waals surface area contributed by atoms with Gasteiger partial charge >= 0.3 is 6.09 Å². The number of carbonyl (C=O) groups is 1. The monoisotopic (exact) mass is 314 g/mol. The first-order valence-corrected chi connectivity index (χ1v) is 9.26. The highest BCUT2D eigenvalue weighted by molar-refractivity contribution is 7.99. The molecule has 2 fully saturated rings. The summed E-state index contributed by atoms with van der Waals surface area (Å²) in [4.78, 5) is 14.2. The lowest BCUT2D eigenvalue weighted by Gasteiger charge is -2.31. The SMILES string of the molecule is CC1SCCCC1NCCN(C(=O)OC(C)(C)C)C1CC1. The van der Waals surface area contributed by atoms with Crippen LogP contribution >= 0.6 is 11.8 Å². The van der Waals surface area contributed by atoms with Crippen LogP contribution in [-0.4, -0.2) is 52.8 Å². The third kappa shape index (κ3) is 5.70. The fraction of sp³-hybridized carbons (Fsp3) is 0.938. The van der Waals surface area contributed by atoms with Crippen LogP contribution in [0, 0.1) is 0 Å². The highest BCUT2D eigenvalue weighted by atomic mass is 32.2. The minimum absolute atomic E-state index is 0.155. The lowest BCUT2D eigenvalue weighted by atomic mass is 10.1. The summed E-state index contributed by atoms with van der Waals surface area (Å²) in [6.07, 6.45) is 4.64. The van der Waals surface area contributed by atoms with E-state index in [9.17, 15) is 4.79 Å². The fourth-order valence-electron chi connectivity index (χ4n) is 2.69. The highest BCUT2D eigenvalue weighted by Gasteiger charge is 2.35. The Hall–Kier alpha value is -0.420. The molecule has 1 heterocycles. The van der Waals surface area contributed by atoms with Crippen LogP contribution in [0.1, 0.15) is 53.4 Å². The van der Waals surface area contributed by atoms with Gasteiger partial charge in [0.2, 0.25) is 0 Å². The lowest BCUT2D eigenvalue weighted by Crippen LogP contribution is -2.46. The Morgan fingerprint density at radius 3 is 2.62 bits per heavy atom. The predicted octanol–water partition coefficient (Wildman–Crippen LogP) is 3.26. The van der Waals surface area contributed by atoms with E-state index in [1.54, 1.807) is 0 Å². The summed E-state index contributed by atoms with van der Waals surface area (Å²) in [6, 6.07) is 0.989. The lowest BCUT2D eigenvalue weighted by molar-refractivity contribution is 0.0234. The first kappa shape index (κ1) is 16.9. The zero-order valence-electron chi connectivity index (χ0n) is 13.9. The molecule has 0 radical (unpaired) electrons. The molecule has 0 aromatic carbocycles. The van der Waals surface area contributed by atoms with Crippen molar-refractivity contribution in [2.75, 3.05) is 18.8 Å². The second-order valence-electron chi connectivity index (χ2n) is 7.18. The van der Waals surface area contributed by atoms with Crippen LogP contribution in [0.3, 0.4) is 0 Å². The van der Waals surface area contributed by atoms with Gasteiger partial charge < -0.3 is 15.0 Å². The van der Waals surface area contributed by atoms with Crippen molar-refractivity contribution in [3.63, 3.8) is 0 Å². The molecule has 1 saturated carbocycles. The molecular weight excluding hydrogens is 284 g/mol. The van der Waals surface area contributed by atoms with Gasteiger partial charge in [-0.05, 0) is 52.2 Å². The Kier molecular flexibility index (Phi) is 5.83. The van der Waals surface area contributed by atoms with Gasteiger partial charge in [0, 0.05) is 30.4 Å². The molecule has 1 aliphatic heterocycles. The van der Waals surface area contributed by atoms with Gasteiger partial charge in [-0.3, -0.25) is 0 Å². The topological polar surface area (TPSA) is 41.6 Å². The van der Waals surface area contributed by atoms with Gasteiger partial charge in [0.1, 0.15) is 5.60 Å². The molecule has 2 unspecified atom stereocenters. The number of amides is 1. The second kappa shape index (κ2) is 7.23. The van der Waals surface area contributed by atoms with E-state index < -0.39 is 5.60 Å². The molecule has 1 saturated heterocycles. The number of carbonyl (C=O) groups excluding carboxylic acids is 1. The first-order chi connectivity index (χ1) is 9.87. The van der Waals surface area contributed by atoms with Gasteiger partial charge in [0.05, 0.1) is 0 Å². The number of hydrogen-bond acceptors (Lipinski definition) is 4. The van der Waals surface area contributed by atoms with Crippen LogP contribution in [0.5, 0.6) is 0 Å². The van der Waals surface area contributed by atoms with Crippen molar-refractivity contribution in [3.05, 3.63) is 0 Å². The van der Waals surface area contributed by atoms with Crippen LogP contribution in [0.4, 0.5) is 4.79 Å². The molecule has 0 aromatic heterocycles. The average Bonchev–Trinajstić information content (AvgIpc) is 3.18. The van der Waals surface area contributed by atoms with E-state index in [-0.39, 0.29) is 6.09 Å². The molecule has 122 valence electrons. The third-order valence-electron chi connectivity index (χ3n) is 3.98. The molecule has 0 aromatic rings. The van der Waals surface area contributed by atoms with Gasteiger partial charge in [0.15, 0.2) is 0 Å². The van der Waals surface area contributed by atoms with Crippen molar-refractivity contribution in [3.8, 4) is 0 Å². The van der Waals surface area contributed by atoms with Crippen LogP contribution in [0.2, 0.25) is 0 Å².